The van der Waals surface area contributed by atoms with Crippen LogP contribution in [0, 0.1) is 0 Å². The Bertz CT molecular complexity index is 871. The van der Waals surface area contributed by atoms with E-state index in [-0.39, 0.29) is 6.61 Å². The molecule has 150 valence electrons. The average molecular weight is 451 g/mol. The molecule has 0 unspecified atom stereocenters. The number of carbonyl (C=O) groups is 1. The Morgan fingerprint density at radius 2 is 2.00 bits per heavy atom. The van der Waals surface area contributed by atoms with Crippen LogP contribution in [0.2, 0.25) is 0 Å². The molecule has 0 saturated heterocycles. The SMILES string of the molecule is CON=C(C)c1ccc(OCc2c(NC(=O)N(C)N)cccc2OC)c(Br)c1. The van der Waals surface area contributed by atoms with Crippen molar-refractivity contribution < 1.29 is 19.1 Å². The van der Waals surface area contributed by atoms with Gasteiger partial charge in [-0.25, -0.2) is 10.6 Å². The van der Waals surface area contributed by atoms with Crippen molar-refractivity contribution in [1.82, 2.24) is 5.01 Å². The number of amides is 2. The van der Waals surface area contributed by atoms with Crippen molar-refractivity contribution in [3.05, 3.63) is 52.0 Å². The van der Waals surface area contributed by atoms with Crippen LogP contribution >= 0.6 is 15.9 Å². The molecule has 2 aromatic rings. The molecule has 0 aliphatic heterocycles. The number of nitrogens with one attached hydrogen (secondary N) is 1. The number of hydrazine groups is 1. The first-order valence-electron chi connectivity index (χ1n) is 8.33. The van der Waals surface area contributed by atoms with Crippen LogP contribution in [0.5, 0.6) is 11.5 Å². The summed E-state index contributed by atoms with van der Waals surface area (Å²) in [4.78, 5) is 16.7. The number of hydrogen-bond acceptors (Lipinski definition) is 6. The van der Waals surface area contributed by atoms with E-state index >= 15 is 0 Å². The minimum Gasteiger partial charge on any atom is -0.496 e. The third kappa shape index (κ3) is 5.37. The maximum atomic E-state index is 11.9. The molecule has 0 fully saturated rings. The second-order valence-corrected chi connectivity index (χ2v) is 6.67. The molecule has 0 bridgehead atoms. The van der Waals surface area contributed by atoms with Gasteiger partial charge in [0.1, 0.15) is 25.2 Å². The lowest BCUT2D eigenvalue weighted by molar-refractivity contribution is 0.213. The summed E-state index contributed by atoms with van der Waals surface area (Å²) in [5.41, 5.74) is 2.89. The zero-order valence-electron chi connectivity index (χ0n) is 16.2. The maximum absolute atomic E-state index is 11.9. The quantitative estimate of drug-likeness (QED) is 0.289. The zero-order chi connectivity index (χ0) is 20.7. The van der Waals surface area contributed by atoms with Crippen molar-refractivity contribution in [3.8, 4) is 11.5 Å². The van der Waals surface area contributed by atoms with E-state index in [1.54, 1.807) is 25.3 Å². The van der Waals surface area contributed by atoms with Gasteiger partial charge in [-0.2, -0.15) is 0 Å². The molecule has 3 N–H and O–H groups in total. The number of rotatable bonds is 7. The van der Waals surface area contributed by atoms with Crippen molar-refractivity contribution in [2.24, 2.45) is 11.0 Å². The fourth-order valence-electron chi connectivity index (χ4n) is 2.41. The highest BCUT2D eigenvalue weighted by Gasteiger charge is 2.15. The second kappa shape index (κ2) is 9.95. The van der Waals surface area contributed by atoms with Crippen LogP contribution in [0.25, 0.3) is 0 Å². The Balaban J connectivity index is 2.24. The summed E-state index contributed by atoms with van der Waals surface area (Å²) < 4.78 is 12.1. The van der Waals surface area contributed by atoms with Crippen molar-refractivity contribution in [1.29, 1.82) is 0 Å². The van der Waals surface area contributed by atoms with Crippen molar-refractivity contribution in [2.45, 2.75) is 13.5 Å². The van der Waals surface area contributed by atoms with E-state index in [9.17, 15) is 4.79 Å². The van der Waals surface area contributed by atoms with Gasteiger partial charge in [-0.15, -0.1) is 0 Å². The van der Waals surface area contributed by atoms with E-state index in [0.717, 1.165) is 20.8 Å². The molecule has 8 nitrogen and oxygen atoms in total. The summed E-state index contributed by atoms with van der Waals surface area (Å²) in [5.74, 6) is 6.71. The minimum atomic E-state index is -0.451. The molecule has 0 radical (unpaired) electrons. The highest BCUT2D eigenvalue weighted by Crippen LogP contribution is 2.31. The number of carbonyl (C=O) groups excluding carboxylic acids is 1. The molecule has 0 spiro atoms. The first-order valence-corrected chi connectivity index (χ1v) is 9.12. The van der Waals surface area contributed by atoms with Gasteiger partial charge in [0.15, 0.2) is 0 Å². The molecule has 0 aliphatic carbocycles. The molecule has 2 aromatic carbocycles. The zero-order valence-corrected chi connectivity index (χ0v) is 17.7. The Labute approximate surface area is 172 Å². The highest BCUT2D eigenvalue weighted by atomic mass is 79.9. The largest absolute Gasteiger partial charge is 0.496 e. The number of nitrogens with zero attached hydrogens (tertiary/aromatic N) is 2. The maximum Gasteiger partial charge on any atom is 0.335 e. The third-order valence-corrected chi connectivity index (χ3v) is 4.48. The first-order chi connectivity index (χ1) is 13.4. The summed E-state index contributed by atoms with van der Waals surface area (Å²) in [6, 6.07) is 10.5. The number of hydrogen-bond donors (Lipinski definition) is 2. The average Bonchev–Trinajstić information content (AvgIpc) is 2.67. The molecule has 28 heavy (non-hydrogen) atoms. The van der Waals surface area contributed by atoms with E-state index in [4.69, 9.17) is 20.2 Å². The summed E-state index contributed by atoms with van der Waals surface area (Å²) in [6.45, 7) is 2.03. The first kappa shape index (κ1) is 21.5. The summed E-state index contributed by atoms with van der Waals surface area (Å²) in [5, 5.41) is 7.62. The van der Waals surface area contributed by atoms with Gasteiger partial charge >= 0.3 is 6.03 Å². The summed E-state index contributed by atoms with van der Waals surface area (Å²) in [6.07, 6.45) is 0. The van der Waals surface area contributed by atoms with Gasteiger partial charge in [-0.1, -0.05) is 11.2 Å². The van der Waals surface area contributed by atoms with Crippen LogP contribution in [-0.4, -0.2) is 38.0 Å². The van der Waals surface area contributed by atoms with Crippen molar-refractivity contribution in [3.63, 3.8) is 0 Å². The predicted octanol–water partition coefficient (Wildman–Crippen LogP) is 3.74. The Hall–Kier alpha value is -2.78. The predicted molar refractivity (Wildman–Crippen MR) is 112 cm³/mol. The number of oxime groups is 1. The highest BCUT2D eigenvalue weighted by molar-refractivity contribution is 9.10. The van der Waals surface area contributed by atoms with E-state index in [1.165, 1.54) is 14.2 Å². The number of urea groups is 1. The van der Waals surface area contributed by atoms with Crippen LogP contribution < -0.4 is 20.6 Å². The van der Waals surface area contributed by atoms with Gasteiger partial charge < -0.3 is 19.6 Å². The van der Waals surface area contributed by atoms with Crippen LogP contribution in [0.15, 0.2) is 46.0 Å². The number of benzene rings is 2. The number of halogens is 1. The lowest BCUT2D eigenvalue weighted by Crippen LogP contribution is -2.37. The smallest absolute Gasteiger partial charge is 0.335 e. The number of methoxy groups -OCH3 is 1. The van der Waals surface area contributed by atoms with E-state index in [0.29, 0.717) is 22.7 Å². The number of nitrogens with two attached hydrogens (primary N) is 1. The molecule has 0 saturated carbocycles. The third-order valence-electron chi connectivity index (χ3n) is 3.86. The second-order valence-electron chi connectivity index (χ2n) is 5.82. The van der Waals surface area contributed by atoms with Gasteiger partial charge in [0.25, 0.3) is 0 Å². The van der Waals surface area contributed by atoms with Crippen LogP contribution in [0.3, 0.4) is 0 Å². The topological polar surface area (TPSA) is 98.4 Å². The van der Waals surface area contributed by atoms with E-state index < -0.39 is 6.03 Å². The van der Waals surface area contributed by atoms with Gasteiger partial charge in [-0.05, 0) is 53.2 Å². The van der Waals surface area contributed by atoms with Crippen LogP contribution in [0.1, 0.15) is 18.1 Å². The van der Waals surface area contributed by atoms with Crippen LogP contribution in [0.4, 0.5) is 10.5 Å². The molecule has 0 aromatic heterocycles. The standard InChI is InChI=1S/C19H23BrN4O4/c1-12(23-27-4)13-8-9-18(15(20)10-13)28-11-14-16(22-19(25)24(2)21)6-5-7-17(14)26-3/h5-10H,11,21H2,1-4H3,(H,22,25). The van der Waals surface area contributed by atoms with Crippen LogP contribution in [-0.2, 0) is 11.4 Å². The lowest BCUT2D eigenvalue weighted by atomic mass is 10.1. The normalized spacial score (nSPS) is 11.0. The van der Waals surface area contributed by atoms with Crippen molar-refractivity contribution >= 4 is 33.4 Å². The lowest BCUT2D eigenvalue weighted by Gasteiger charge is -2.18. The number of anilines is 1. The fourth-order valence-corrected chi connectivity index (χ4v) is 2.90. The van der Waals surface area contributed by atoms with Gasteiger partial charge in [0, 0.05) is 12.6 Å². The fraction of sp³-hybridized carbons (Fsp3) is 0.263. The van der Waals surface area contributed by atoms with Gasteiger partial charge in [0.2, 0.25) is 0 Å². The molecule has 2 amide bonds. The Morgan fingerprint density at radius 3 is 2.61 bits per heavy atom. The molecule has 0 aliphatic rings. The molecular weight excluding hydrogens is 428 g/mol. The molecule has 9 heteroatoms. The molecule has 0 atom stereocenters. The monoisotopic (exact) mass is 450 g/mol. The molecule has 2 rings (SSSR count). The molecular formula is C19H23BrN4O4. The van der Waals surface area contributed by atoms with E-state index in [1.807, 2.05) is 25.1 Å². The minimum absolute atomic E-state index is 0.178. The van der Waals surface area contributed by atoms with E-state index in [2.05, 4.69) is 26.4 Å². The summed E-state index contributed by atoms with van der Waals surface area (Å²) in [7, 11) is 4.52. The van der Waals surface area contributed by atoms with Gasteiger partial charge in [0.05, 0.1) is 28.5 Å². The Kier molecular flexibility index (Phi) is 7.65. The number of ether oxygens (including phenoxy) is 2. The van der Waals surface area contributed by atoms with Gasteiger partial charge in [-0.3, -0.25) is 5.01 Å². The Morgan fingerprint density at radius 1 is 1.25 bits per heavy atom. The molecule has 0 heterocycles. The van der Waals surface area contributed by atoms with Crippen molar-refractivity contribution in [2.75, 3.05) is 26.6 Å². The summed E-state index contributed by atoms with van der Waals surface area (Å²) >= 11 is 3.51.